The zero-order valence-electron chi connectivity index (χ0n) is 16.4. The molecule has 0 saturated carbocycles. The van der Waals surface area contributed by atoms with E-state index >= 15 is 0 Å². The smallest absolute Gasteiger partial charge is 0.173 e. The van der Waals surface area contributed by atoms with Crippen LogP contribution in [-0.2, 0) is 6.42 Å². The van der Waals surface area contributed by atoms with E-state index in [-0.39, 0.29) is 6.61 Å². The van der Waals surface area contributed by atoms with Crippen molar-refractivity contribution in [3.63, 3.8) is 0 Å². The maximum absolute atomic E-state index is 10.3. The first-order chi connectivity index (χ1) is 13.8. The molecule has 1 saturated heterocycles. The summed E-state index contributed by atoms with van der Waals surface area (Å²) < 4.78 is 6.01. The van der Waals surface area contributed by atoms with Crippen molar-refractivity contribution in [2.45, 2.75) is 55.2 Å². The Morgan fingerprint density at radius 2 is 1.69 bits per heavy atom. The fraction of sp³-hybridized carbons (Fsp3) is 0.455. The Morgan fingerprint density at radius 3 is 2.31 bits per heavy atom. The summed E-state index contributed by atoms with van der Waals surface area (Å²) in [5, 5.41) is 39.8. The van der Waals surface area contributed by atoms with Gasteiger partial charge in [0.05, 0.1) is 18.0 Å². The number of aliphatic hydroxyl groups excluding tert-OH is 4. The number of hydrogen-bond acceptors (Lipinski definition) is 6. The fourth-order valence-corrected chi connectivity index (χ4v) is 4.76. The van der Waals surface area contributed by atoms with E-state index in [0.29, 0.717) is 23.1 Å². The molecule has 1 aliphatic rings. The Morgan fingerprint density at radius 1 is 1.00 bits per heavy atom. The zero-order chi connectivity index (χ0) is 21.1. The lowest BCUT2D eigenvalue weighted by atomic mass is 9.98. The number of halogens is 1. The van der Waals surface area contributed by atoms with Crippen LogP contribution in [0.3, 0.4) is 0 Å². The lowest BCUT2D eigenvalue weighted by Gasteiger charge is -2.39. The normalized spacial score (nSPS) is 27.2. The number of hydrogen-bond donors (Lipinski definition) is 4. The van der Waals surface area contributed by atoms with Gasteiger partial charge in [-0.2, -0.15) is 0 Å². The molecule has 0 bridgehead atoms. The molecule has 29 heavy (non-hydrogen) atoms. The SMILES string of the molecule is CC(C)c1ccc(Cc2cc(Cl)ccc2O[C@H]2S[C@@H](CO)[C@@H](O)[C@H](O)[C@H]2O)cc1. The number of thioether (sulfide) groups is 1. The summed E-state index contributed by atoms with van der Waals surface area (Å²) in [6.45, 7) is 3.97. The van der Waals surface area contributed by atoms with Crippen molar-refractivity contribution in [2.75, 3.05) is 6.61 Å². The van der Waals surface area contributed by atoms with E-state index in [1.807, 2.05) is 6.07 Å². The van der Waals surface area contributed by atoms with E-state index in [0.717, 1.165) is 22.9 Å². The van der Waals surface area contributed by atoms with Crippen LogP contribution in [0.15, 0.2) is 42.5 Å². The first-order valence-corrected chi connectivity index (χ1v) is 11.0. The van der Waals surface area contributed by atoms with Gasteiger partial charge in [-0.3, -0.25) is 0 Å². The summed E-state index contributed by atoms with van der Waals surface area (Å²) in [5.41, 5.74) is 2.39. The van der Waals surface area contributed by atoms with Gasteiger partial charge in [0.1, 0.15) is 18.0 Å². The number of benzene rings is 2. The molecule has 0 amide bonds. The summed E-state index contributed by atoms with van der Waals surface area (Å²) in [5.74, 6) is 0.999. The third kappa shape index (κ3) is 5.26. The zero-order valence-corrected chi connectivity index (χ0v) is 18.0. The van der Waals surface area contributed by atoms with E-state index in [1.54, 1.807) is 12.1 Å². The quantitative estimate of drug-likeness (QED) is 0.554. The number of rotatable bonds is 6. The molecule has 158 valence electrons. The summed E-state index contributed by atoms with van der Waals surface area (Å²) in [6, 6.07) is 13.6. The molecule has 0 radical (unpaired) electrons. The van der Waals surface area contributed by atoms with Crippen molar-refractivity contribution in [3.05, 3.63) is 64.2 Å². The molecule has 3 rings (SSSR count). The molecule has 1 aliphatic heterocycles. The highest BCUT2D eigenvalue weighted by atomic mass is 35.5. The van der Waals surface area contributed by atoms with Crippen LogP contribution in [0.25, 0.3) is 0 Å². The first-order valence-electron chi connectivity index (χ1n) is 9.64. The third-order valence-electron chi connectivity index (χ3n) is 5.16. The van der Waals surface area contributed by atoms with E-state index in [2.05, 4.69) is 38.1 Å². The highest BCUT2D eigenvalue weighted by Crippen LogP contribution is 2.36. The number of ether oxygens (including phenoxy) is 1. The van der Waals surface area contributed by atoms with Crippen LogP contribution >= 0.6 is 23.4 Å². The second kappa shape index (κ2) is 9.69. The second-order valence-corrected chi connectivity index (χ2v) is 9.42. The van der Waals surface area contributed by atoms with Crippen molar-refractivity contribution >= 4 is 23.4 Å². The largest absolute Gasteiger partial charge is 0.477 e. The molecule has 5 nitrogen and oxygen atoms in total. The van der Waals surface area contributed by atoms with Gasteiger partial charge in [0.15, 0.2) is 5.44 Å². The summed E-state index contributed by atoms with van der Waals surface area (Å²) in [6.07, 6.45) is -3.30. The lowest BCUT2D eigenvalue weighted by Crippen LogP contribution is -2.55. The average Bonchev–Trinajstić information content (AvgIpc) is 2.70. The highest BCUT2D eigenvalue weighted by Gasteiger charge is 2.44. The van der Waals surface area contributed by atoms with Crippen LogP contribution in [0.5, 0.6) is 5.75 Å². The Kier molecular flexibility index (Phi) is 7.48. The van der Waals surface area contributed by atoms with Gasteiger partial charge in [-0.1, -0.05) is 49.7 Å². The van der Waals surface area contributed by atoms with Gasteiger partial charge in [0, 0.05) is 17.0 Å². The molecule has 1 fully saturated rings. The Balaban J connectivity index is 1.81. The first kappa shape index (κ1) is 22.4. The summed E-state index contributed by atoms with van der Waals surface area (Å²) in [4.78, 5) is 0. The molecular formula is C22H27ClO5S. The lowest BCUT2D eigenvalue weighted by molar-refractivity contribution is -0.0910. The predicted molar refractivity (Wildman–Crippen MR) is 116 cm³/mol. The van der Waals surface area contributed by atoms with E-state index in [4.69, 9.17) is 16.3 Å². The van der Waals surface area contributed by atoms with Crippen LogP contribution in [-0.4, -0.2) is 56.0 Å². The monoisotopic (exact) mass is 438 g/mol. The van der Waals surface area contributed by atoms with Crippen LogP contribution in [0.1, 0.15) is 36.5 Å². The summed E-state index contributed by atoms with van der Waals surface area (Å²) in [7, 11) is 0. The molecule has 2 aromatic carbocycles. The average molecular weight is 439 g/mol. The predicted octanol–water partition coefficient (Wildman–Crippen LogP) is 2.95. The van der Waals surface area contributed by atoms with Gasteiger partial charge in [-0.05, 0) is 35.2 Å². The van der Waals surface area contributed by atoms with Crippen LogP contribution in [0, 0.1) is 0 Å². The maximum Gasteiger partial charge on any atom is 0.173 e. The minimum atomic E-state index is -1.39. The van der Waals surface area contributed by atoms with Crippen molar-refractivity contribution in [1.29, 1.82) is 0 Å². The van der Waals surface area contributed by atoms with Gasteiger partial charge in [-0.15, -0.1) is 11.8 Å². The maximum atomic E-state index is 10.3. The minimum absolute atomic E-state index is 0.328. The Hall–Kier alpha value is -1.28. The van der Waals surface area contributed by atoms with Gasteiger partial charge >= 0.3 is 0 Å². The van der Waals surface area contributed by atoms with Gasteiger partial charge in [0.2, 0.25) is 0 Å². The van der Waals surface area contributed by atoms with Crippen molar-refractivity contribution in [1.82, 2.24) is 0 Å². The molecule has 0 unspecified atom stereocenters. The summed E-state index contributed by atoms with van der Waals surface area (Å²) >= 11 is 7.30. The van der Waals surface area contributed by atoms with E-state index in [1.165, 1.54) is 5.56 Å². The van der Waals surface area contributed by atoms with E-state index in [9.17, 15) is 20.4 Å². The second-order valence-electron chi connectivity index (χ2n) is 7.64. The van der Waals surface area contributed by atoms with Crippen LogP contribution < -0.4 is 4.74 Å². The fourth-order valence-electron chi connectivity index (χ4n) is 3.33. The van der Waals surface area contributed by atoms with Crippen molar-refractivity contribution < 1.29 is 25.2 Å². The Labute approximate surface area is 180 Å². The third-order valence-corrected chi connectivity index (χ3v) is 6.81. The molecule has 0 aliphatic carbocycles. The number of aliphatic hydroxyl groups is 4. The van der Waals surface area contributed by atoms with Gasteiger partial charge in [0.25, 0.3) is 0 Å². The minimum Gasteiger partial charge on any atom is -0.477 e. The van der Waals surface area contributed by atoms with Gasteiger partial charge in [-0.25, -0.2) is 0 Å². The highest BCUT2D eigenvalue weighted by molar-refractivity contribution is 8.00. The Bertz CT molecular complexity index is 811. The molecule has 2 aromatic rings. The van der Waals surface area contributed by atoms with Crippen LogP contribution in [0.2, 0.25) is 5.02 Å². The molecular weight excluding hydrogens is 412 g/mol. The van der Waals surface area contributed by atoms with Gasteiger partial charge < -0.3 is 25.2 Å². The molecule has 0 spiro atoms. The van der Waals surface area contributed by atoms with E-state index < -0.39 is 29.0 Å². The molecule has 5 atom stereocenters. The standard InChI is InChI=1S/C22H27ClO5S/c1-12(2)14-5-3-13(4-6-14)9-15-10-16(23)7-8-17(15)28-22-21(27)20(26)19(25)18(11-24)29-22/h3-8,10,12,18-22,24-27H,9,11H2,1-2H3/t18-,19+,20-,21+,22-/m0/s1. The van der Waals surface area contributed by atoms with Crippen LogP contribution in [0.4, 0.5) is 0 Å². The topological polar surface area (TPSA) is 90.2 Å². The molecule has 1 heterocycles. The molecule has 0 aromatic heterocycles. The van der Waals surface area contributed by atoms with Crippen molar-refractivity contribution in [2.24, 2.45) is 0 Å². The molecule has 7 heteroatoms. The molecule has 4 N–H and O–H groups in total. The van der Waals surface area contributed by atoms with Crippen molar-refractivity contribution in [3.8, 4) is 5.75 Å².